The van der Waals surface area contributed by atoms with Crippen molar-refractivity contribution >= 4 is 24.1 Å². The number of likely N-dealkylation sites (N-methyl/N-ethyl adjacent to an activating group) is 1. The van der Waals surface area contributed by atoms with Crippen LogP contribution >= 0.6 is 0 Å². The minimum absolute atomic E-state index is 0.153. The Morgan fingerprint density at radius 3 is 2.47 bits per heavy atom. The summed E-state index contributed by atoms with van der Waals surface area (Å²) in [6.07, 6.45) is 3.20. The number of fused-ring (bicyclic) bond motifs is 1. The average molecular weight is 234 g/mol. The van der Waals surface area contributed by atoms with Crippen LogP contribution in [-0.2, 0) is 18.9 Å². The smallest absolute Gasteiger partial charge is 0.596 e. The number of aromatic nitrogens is 1. The van der Waals surface area contributed by atoms with Gasteiger partial charge in [-0.05, 0) is 11.5 Å². The standard InChI is InChI=1S/C10H11BN2O4/c1-13-6-9(14)16-11(13,17-10(15)7-13)8-3-2-4-12-5-8/h2-5H,6-7H2,1H3. The van der Waals surface area contributed by atoms with Crippen molar-refractivity contribution in [3.8, 4) is 0 Å². The maximum atomic E-state index is 11.5. The van der Waals surface area contributed by atoms with Crippen molar-refractivity contribution in [3.63, 3.8) is 0 Å². The van der Waals surface area contributed by atoms with Crippen molar-refractivity contribution in [3.05, 3.63) is 24.5 Å². The predicted molar refractivity (Wildman–Crippen MR) is 57.7 cm³/mol. The Morgan fingerprint density at radius 1 is 1.29 bits per heavy atom. The highest BCUT2D eigenvalue weighted by Gasteiger charge is 2.66. The Balaban J connectivity index is 2.16. The van der Waals surface area contributed by atoms with Gasteiger partial charge in [-0.3, -0.25) is 14.6 Å². The first kappa shape index (κ1) is 10.3. The second kappa shape index (κ2) is 3.07. The van der Waals surface area contributed by atoms with Crippen molar-refractivity contribution in [2.45, 2.75) is 0 Å². The molecule has 3 rings (SSSR count). The Hall–Kier alpha value is -1.89. The quantitative estimate of drug-likeness (QED) is 0.570. The highest BCUT2D eigenvalue weighted by Crippen LogP contribution is 2.32. The van der Waals surface area contributed by atoms with Crippen LogP contribution in [0.1, 0.15) is 0 Å². The number of nitrogens with zero attached hydrogens (tertiary/aromatic N) is 2. The largest absolute Gasteiger partial charge is 0.616 e. The van der Waals surface area contributed by atoms with E-state index in [1.165, 1.54) is 0 Å². The van der Waals surface area contributed by atoms with E-state index < -0.39 is 6.69 Å². The Labute approximate surface area is 97.7 Å². The third-order valence-electron chi connectivity index (χ3n) is 3.49. The fourth-order valence-corrected chi connectivity index (χ4v) is 2.68. The lowest BCUT2D eigenvalue weighted by Gasteiger charge is -2.39. The van der Waals surface area contributed by atoms with E-state index in [4.69, 9.17) is 9.31 Å². The summed E-state index contributed by atoms with van der Waals surface area (Å²) in [5.41, 5.74) is 0.645. The van der Waals surface area contributed by atoms with Crippen LogP contribution in [0.4, 0.5) is 0 Å². The fourth-order valence-electron chi connectivity index (χ4n) is 2.68. The molecule has 0 aliphatic carbocycles. The highest BCUT2D eigenvalue weighted by atomic mass is 16.7. The van der Waals surface area contributed by atoms with E-state index >= 15 is 0 Å². The van der Waals surface area contributed by atoms with Gasteiger partial charge in [0.05, 0.1) is 0 Å². The zero-order chi connectivity index (χ0) is 12.1. The van der Waals surface area contributed by atoms with Crippen LogP contribution in [0.2, 0.25) is 0 Å². The van der Waals surface area contributed by atoms with Crippen LogP contribution in [0, 0.1) is 0 Å². The molecule has 2 saturated heterocycles. The third kappa shape index (κ3) is 1.23. The molecule has 6 nitrogen and oxygen atoms in total. The van der Waals surface area contributed by atoms with Crippen LogP contribution in [0.3, 0.4) is 0 Å². The summed E-state index contributed by atoms with van der Waals surface area (Å²) in [4.78, 5) is 27.0. The van der Waals surface area contributed by atoms with Crippen LogP contribution < -0.4 is 5.46 Å². The maximum absolute atomic E-state index is 11.5. The molecule has 1 aromatic heterocycles. The van der Waals surface area contributed by atoms with Crippen LogP contribution in [-0.4, -0.2) is 48.1 Å². The van der Waals surface area contributed by atoms with Crippen LogP contribution in [0.25, 0.3) is 0 Å². The molecule has 88 valence electrons. The molecule has 0 saturated carbocycles. The number of hydrogen-bond donors (Lipinski definition) is 0. The second-order valence-corrected chi connectivity index (χ2v) is 4.73. The van der Waals surface area contributed by atoms with E-state index in [0.717, 1.165) is 0 Å². The fraction of sp³-hybridized carbons (Fsp3) is 0.300. The molecule has 0 amide bonds. The van der Waals surface area contributed by atoms with Gasteiger partial charge >= 0.3 is 18.6 Å². The summed E-state index contributed by atoms with van der Waals surface area (Å²) >= 11 is 0. The van der Waals surface area contributed by atoms with E-state index in [9.17, 15) is 9.59 Å². The van der Waals surface area contributed by atoms with Gasteiger partial charge in [0.15, 0.2) is 0 Å². The van der Waals surface area contributed by atoms with Crippen molar-refractivity contribution in [1.29, 1.82) is 0 Å². The normalized spacial score (nSPS) is 35.4. The molecule has 1 aromatic rings. The molecule has 0 radical (unpaired) electrons. The number of carbonyl (C=O) groups excluding carboxylic acids is 2. The number of pyridine rings is 1. The lowest BCUT2D eigenvalue weighted by Crippen LogP contribution is -2.67. The summed E-state index contributed by atoms with van der Waals surface area (Å²) in [6.45, 7) is -1.80. The minimum Gasteiger partial charge on any atom is -0.596 e. The van der Waals surface area contributed by atoms with Crippen LogP contribution in [0.15, 0.2) is 24.5 Å². The number of quaternary nitrogens is 1. The lowest BCUT2D eigenvalue weighted by molar-refractivity contribution is -0.791. The minimum atomic E-state index is -2.11. The van der Waals surface area contributed by atoms with Gasteiger partial charge < -0.3 is 13.7 Å². The molecule has 0 atom stereocenters. The van der Waals surface area contributed by atoms with Gasteiger partial charge in [-0.2, -0.15) is 0 Å². The summed E-state index contributed by atoms with van der Waals surface area (Å²) < 4.78 is 10.8. The van der Waals surface area contributed by atoms with Gasteiger partial charge in [-0.1, -0.05) is 6.07 Å². The van der Waals surface area contributed by atoms with Gasteiger partial charge in [0, 0.05) is 19.4 Å². The maximum Gasteiger partial charge on any atom is 0.616 e. The topological polar surface area (TPSA) is 65.5 Å². The Bertz CT molecular complexity index is 484. The zero-order valence-corrected chi connectivity index (χ0v) is 9.33. The Morgan fingerprint density at radius 2 is 1.94 bits per heavy atom. The summed E-state index contributed by atoms with van der Waals surface area (Å²) in [6, 6.07) is 3.50. The van der Waals surface area contributed by atoms with Gasteiger partial charge in [-0.25, -0.2) is 0 Å². The Kier molecular flexibility index (Phi) is 1.86. The average Bonchev–Trinajstić information content (AvgIpc) is 2.64. The molecule has 0 aromatic carbocycles. The van der Waals surface area contributed by atoms with Crippen molar-refractivity contribution in [1.82, 2.24) is 4.98 Å². The molecule has 7 heteroatoms. The molecular weight excluding hydrogens is 223 g/mol. The summed E-state index contributed by atoms with van der Waals surface area (Å²) in [7, 11) is 1.79. The molecule has 0 N–H and O–H groups in total. The molecule has 0 bridgehead atoms. The molecule has 0 unspecified atom stereocenters. The molecule has 2 fully saturated rings. The van der Waals surface area contributed by atoms with Gasteiger partial charge in [0.1, 0.15) is 13.1 Å². The third-order valence-corrected chi connectivity index (χ3v) is 3.49. The molecular formula is C10H11BN2O4. The van der Waals surface area contributed by atoms with Gasteiger partial charge in [0.2, 0.25) is 0 Å². The predicted octanol–water partition coefficient (Wildman–Crippen LogP) is -1.21. The van der Waals surface area contributed by atoms with Gasteiger partial charge in [0.25, 0.3) is 0 Å². The monoisotopic (exact) mass is 234 g/mol. The SMILES string of the molecule is C[N+]12CC(=O)O[B-]1(c1cccnc1)OC(=O)C2. The van der Waals surface area contributed by atoms with E-state index in [1.54, 1.807) is 31.6 Å². The molecule has 0 spiro atoms. The number of rotatable bonds is 1. The first-order chi connectivity index (χ1) is 8.06. The molecule has 2 aliphatic heterocycles. The lowest BCUT2D eigenvalue weighted by atomic mass is 9.62. The summed E-state index contributed by atoms with van der Waals surface area (Å²) in [5.74, 6) is -0.687. The van der Waals surface area contributed by atoms with Crippen molar-refractivity contribution < 1.29 is 23.3 Å². The van der Waals surface area contributed by atoms with Crippen molar-refractivity contribution in [2.24, 2.45) is 0 Å². The van der Waals surface area contributed by atoms with Gasteiger partial charge in [-0.15, -0.1) is 0 Å². The van der Waals surface area contributed by atoms with E-state index in [0.29, 0.717) is 5.46 Å². The van der Waals surface area contributed by atoms with Crippen LogP contribution in [0.5, 0.6) is 0 Å². The number of hydrogen-bond acceptors (Lipinski definition) is 5. The highest BCUT2D eigenvalue weighted by molar-refractivity contribution is 6.79. The first-order valence-corrected chi connectivity index (χ1v) is 5.38. The second-order valence-electron chi connectivity index (χ2n) is 4.73. The molecule has 2 aliphatic rings. The zero-order valence-electron chi connectivity index (χ0n) is 9.33. The molecule has 3 heterocycles. The number of carbonyl (C=O) groups is 2. The van der Waals surface area contributed by atoms with E-state index in [2.05, 4.69) is 4.98 Å². The first-order valence-electron chi connectivity index (χ1n) is 5.38. The van der Waals surface area contributed by atoms with E-state index in [1.807, 2.05) is 0 Å². The molecule has 17 heavy (non-hydrogen) atoms. The van der Waals surface area contributed by atoms with E-state index in [-0.39, 0.29) is 29.4 Å². The summed E-state index contributed by atoms with van der Waals surface area (Å²) in [5, 5.41) is 0. The van der Waals surface area contributed by atoms with Crippen molar-refractivity contribution in [2.75, 3.05) is 20.1 Å².